The number of nitrogens with one attached hydrogen (secondary N) is 2. The summed E-state index contributed by atoms with van der Waals surface area (Å²) in [5.74, 6) is 1.48. The molecule has 6 nitrogen and oxygen atoms in total. The van der Waals surface area contributed by atoms with E-state index in [9.17, 15) is 8.42 Å². The number of sulfonamides is 1. The van der Waals surface area contributed by atoms with Crippen LogP contribution in [0, 0.1) is 0 Å². The fourth-order valence-electron chi connectivity index (χ4n) is 2.01. The third-order valence-corrected chi connectivity index (χ3v) is 4.51. The van der Waals surface area contributed by atoms with Crippen molar-refractivity contribution in [3.8, 4) is 11.5 Å². The van der Waals surface area contributed by atoms with Crippen LogP contribution in [0.1, 0.15) is 6.92 Å². The third-order valence-electron chi connectivity index (χ3n) is 3.20. The average Bonchev–Trinajstić information content (AvgIpc) is 2.97. The molecule has 1 aliphatic heterocycles. The van der Waals surface area contributed by atoms with E-state index in [0.717, 1.165) is 17.1 Å². The Hall–Kier alpha value is -2.41. The van der Waals surface area contributed by atoms with Crippen LogP contribution >= 0.6 is 0 Å². The monoisotopic (exact) mass is 320 g/mol. The molecule has 0 radical (unpaired) electrons. The molecule has 1 aliphatic rings. The van der Waals surface area contributed by atoms with Crippen molar-refractivity contribution < 1.29 is 17.9 Å². The topological polar surface area (TPSA) is 76.7 Å². The smallest absolute Gasteiger partial charge is 0.232 e. The molecule has 0 fully saturated rings. The normalized spacial score (nSPS) is 13.0. The molecule has 2 aromatic rings. The Kier molecular flexibility index (Phi) is 3.81. The Morgan fingerprint density at radius 2 is 1.59 bits per heavy atom. The first kappa shape index (κ1) is 14.5. The van der Waals surface area contributed by atoms with Gasteiger partial charge in [0.2, 0.25) is 16.8 Å². The van der Waals surface area contributed by atoms with Crippen molar-refractivity contribution in [3.05, 3.63) is 42.5 Å². The maximum Gasteiger partial charge on any atom is 0.232 e. The lowest BCUT2D eigenvalue weighted by Crippen LogP contribution is -2.14. The van der Waals surface area contributed by atoms with Crippen molar-refractivity contribution in [2.45, 2.75) is 6.92 Å². The molecule has 0 saturated carbocycles. The van der Waals surface area contributed by atoms with Gasteiger partial charge in [-0.25, -0.2) is 8.42 Å². The Morgan fingerprint density at radius 1 is 0.955 bits per heavy atom. The summed E-state index contributed by atoms with van der Waals surface area (Å²) in [6.07, 6.45) is 0. The van der Waals surface area contributed by atoms with E-state index >= 15 is 0 Å². The van der Waals surface area contributed by atoms with E-state index in [1.54, 1.807) is 31.2 Å². The minimum Gasteiger partial charge on any atom is -0.454 e. The van der Waals surface area contributed by atoms with Crippen LogP contribution in [-0.2, 0) is 10.0 Å². The van der Waals surface area contributed by atoms with Gasteiger partial charge in [0, 0.05) is 23.1 Å². The van der Waals surface area contributed by atoms with Crippen LogP contribution in [0.2, 0.25) is 0 Å². The third kappa shape index (κ3) is 3.25. The van der Waals surface area contributed by atoms with Crippen LogP contribution in [0.4, 0.5) is 17.1 Å². The molecule has 116 valence electrons. The summed E-state index contributed by atoms with van der Waals surface area (Å²) in [6.45, 7) is 1.84. The number of hydrogen-bond donors (Lipinski definition) is 2. The number of benzene rings is 2. The molecular weight excluding hydrogens is 304 g/mol. The van der Waals surface area contributed by atoms with Crippen LogP contribution in [0.5, 0.6) is 11.5 Å². The predicted molar refractivity (Wildman–Crippen MR) is 85.4 cm³/mol. The van der Waals surface area contributed by atoms with Gasteiger partial charge in [-0.3, -0.25) is 4.72 Å². The Morgan fingerprint density at radius 3 is 2.32 bits per heavy atom. The highest BCUT2D eigenvalue weighted by Gasteiger charge is 2.13. The van der Waals surface area contributed by atoms with Crippen molar-refractivity contribution in [2.75, 3.05) is 22.6 Å². The Balaban J connectivity index is 1.71. The van der Waals surface area contributed by atoms with E-state index in [1.165, 1.54) is 0 Å². The molecule has 0 bridgehead atoms. The summed E-state index contributed by atoms with van der Waals surface area (Å²) in [5, 5.41) is 3.22. The van der Waals surface area contributed by atoms with Gasteiger partial charge in [-0.1, -0.05) is 0 Å². The zero-order chi connectivity index (χ0) is 15.6. The van der Waals surface area contributed by atoms with Crippen molar-refractivity contribution in [3.63, 3.8) is 0 Å². The van der Waals surface area contributed by atoms with Crippen molar-refractivity contribution in [1.29, 1.82) is 0 Å². The quantitative estimate of drug-likeness (QED) is 0.886. The van der Waals surface area contributed by atoms with Gasteiger partial charge in [0.1, 0.15) is 0 Å². The maximum atomic E-state index is 11.5. The van der Waals surface area contributed by atoms with Gasteiger partial charge in [0.25, 0.3) is 0 Å². The standard InChI is InChI=1S/C15H16N2O4S/c1-2-22(18,19)17-12-5-3-11(4-6-12)16-13-7-8-14-15(9-13)21-10-20-14/h3-9,16-17H,2,10H2,1H3. The highest BCUT2D eigenvalue weighted by molar-refractivity contribution is 7.92. The first-order valence-corrected chi connectivity index (χ1v) is 8.48. The lowest BCUT2D eigenvalue weighted by Gasteiger charge is -2.09. The summed E-state index contributed by atoms with van der Waals surface area (Å²) < 4.78 is 36.1. The van der Waals surface area contributed by atoms with Crippen molar-refractivity contribution >= 4 is 27.1 Å². The molecule has 0 atom stereocenters. The van der Waals surface area contributed by atoms with E-state index in [4.69, 9.17) is 9.47 Å². The molecule has 0 aromatic heterocycles. The van der Waals surface area contributed by atoms with Crippen LogP contribution in [0.15, 0.2) is 42.5 Å². The first-order chi connectivity index (χ1) is 10.6. The van der Waals surface area contributed by atoms with Crippen LogP contribution in [0.25, 0.3) is 0 Å². The molecule has 1 heterocycles. The van der Waals surface area contributed by atoms with E-state index in [2.05, 4.69) is 10.0 Å². The fourth-order valence-corrected chi connectivity index (χ4v) is 2.65. The summed E-state index contributed by atoms with van der Waals surface area (Å²) in [7, 11) is -3.25. The van der Waals surface area contributed by atoms with Crippen molar-refractivity contribution in [1.82, 2.24) is 0 Å². The molecule has 22 heavy (non-hydrogen) atoms. The number of anilines is 3. The molecule has 0 spiro atoms. The van der Waals surface area contributed by atoms with E-state index in [1.807, 2.05) is 18.2 Å². The molecule has 0 saturated heterocycles. The summed E-state index contributed by atoms with van der Waals surface area (Å²) in [6, 6.07) is 12.6. The molecule has 2 aromatic carbocycles. The number of rotatable bonds is 5. The van der Waals surface area contributed by atoms with Crippen LogP contribution < -0.4 is 19.5 Å². The van der Waals surface area contributed by atoms with E-state index < -0.39 is 10.0 Å². The molecule has 0 amide bonds. The SMILES string of the molecule is CCS(=O)(=O)Nc1ccc(Nc2ccc3c(c2)OCO3)cc1. The predicted octanol–water partition coefficient (Wildman–Crippen LogP) is 2.92. The van der Waals surface area contributed by atoms with Gasteiger partial charge < -0.3 is 14.8 Å². The van der Waals surface area contributed by atoms with Gasteiger partial charge in [-0.2, -0.15) is 0 Å². The highest BCUT2D eigenvalue weighted by atomic mass is 32.2. The number of hydrogen-bond acceptors (Lipinski definition) is 5. The molecule has 7 heteroatoms. The van der Waals surface area contributed by atoms with Gasteiger partial charge >= 0.3 is 0 Å². The van der Waals surface area contributed by atoms with Crippen molar-refractivity contribution in [2.24, 2.45) is 0 Å². The molecular formula is C15H16N2O4S. The van der Waals surface area contributed by atoms with E-state index in [-0.39, 0.29) is 12.5 Å². The summed E-state index contributed by atoms with van der Waals surface area (Å²) in [5.41, 5.74) is 2.25. The second-order valence-corrected chi connectivity index (χ2v) is 6.79. The Bertz CT molecular complexity index is 773. The summed E-state index contributed by atoms with van der Waals surface area (Å²) >= 11 is 0. The van der Waals surface area contributed by atoms with Gasteiger partial charge in [0.05, 0.1) is 5.75 Å². The summed E-state index contributed by atoms with van der Waals surface area (Å²) in [4.78, 5) is 0. The first-order valence-electron chi connectivity index (χ1n) is 6.83. The largest absolute Gasteiger partial charge is 0.454 e. The minimum atomic E-state index is -3.25. The van der Waals surface area contributed by atoms with E-state index in [0.29, 0.717) is 11.4 Å². The lowest BCUT2D eigenvalue weighted by atomic mass is 10.2. The Labute approximate surface area is 129 Å². The van der Waals surface area contributed by atoms with Crippen LogP contribution in [0.3, 0.4) is 0 Å². The molecule has 0 unspecified atom stereocenters. The fraction of sp³-hybridized carbons (Fsp3) is 0.200. The second-order valence-electron chi connectivity index (χ2n) is 4.78. The van der Waals surface area contributed by atoms with Gasteiger partial charge in [-0.05, 0) is 43.3 Å². The highest BCUT2D eigenvalue weighted by Crippen LogP contribution is 2.35. The van der Waals surface area contributed by atoms with Crippen LogP contribution in [-0.4, -0.2) is 21.0 Å². The zero-order valence-electron chi connectivity index (χ0n) is 12.0. The molecule has 0 aliphatic carbocycles. The maximum absolute atomic E-state index is 11.5. The molecule has 3 rings (SSSR count). The zero-order valence-corrected chi connectivity index (χ0v) is 12.8. The number of fused-ring (bicyclic) bond motifs is 1. The lowest BCUT2D eigenvalue weighted by molar-refractivity contribution is 0.174. The van der Waals surface area contributed by atoms with Gasteiger partial charge in [0.15, 0.2) is 11.5 Å². The number of ether oxygens (including phenoxy) is 2. The molecule has 2 N–H and O–H groups in total. The second kappa shape index (κ2) is 5.76. The minimum absolute atomic E-state index is 0.0458. The average molecular weight is 320 g/mol. The van der Waals surface area contributed by atoms with Gasteiger partial charge in [-0.15, -0.1) is 0 Å².